The summed E-state index contributed by atoms with van der Waals surface area (Å²) in [5.74, 6) is 0.635. The number of aromatic nitrogens is 2. The summed E-state index contributed by atoms with van der Waals surface area (Å²) in [6.07, 6.45) is 2.63. The molecule has 6 nitrogen and oxygen atoms in total. The zero-order chi connectivity index (χ0) is 13.9. The normalized spacial score (nSPS) is 13.9. The van der Waals surface area contributed by atoms with Gasteiger partial charge in [-0.1, -0.05) is 13.8 Å². The van der Waals surface area contributed by atoms with Crippen LogP contribution in [-0.4, -0.2) is 42.8 Å². The van der Waals surface area contributed by atoms with Gasteiger partial charge in [0.15, 0.2) is 0 Å². The zero-order valence-corrected chi connectivity index (χ0v) is 12.2. The molecule has 1 aromatic rings. The number of sulfonamides is 1. The molecule has 1 atom stereocenters. The van der Waals surface area contributed by atoms with Gasteiger partial charge in [-0.2, -0.15) is 4.31 Å². The van der Waals surface area contributed by atoms with Gasteiger partial charge in [0.1, 0.15) is 4.90 Å². The van der Waals surface area contributed by atoms with Crippen molar-refractivity contribution in [2.75, 3.05) is 19.4 Å². The molecule has 0 aliphatic heterocycles. The molecule has 0 radical (unpaired) electrons. The van der Waals surface area contributed by atoms with Crippen LogP contribution >= 0.6 is 0 Å². The summed E-state index contributed by atoms with van der Waals surface area (Å²) in [4.78, 5) is 7.95. The fraction of sp³-hybridized carbons (Fsp3) is 0.636. The molecule has 18 heavy (non-hydrogen) atoms. The van der Waals surface area contributed by atoms with E-state index >= 15 is 0 Å². The van der Waals surface area contributed by atoms with Crippen LogP contribution in [0.3, 0.4) is 0 Å². The van der Waals surface area contributed by atoms with E-state index in [4.69, 9.17) is 0 Å². The van der Waals surface area contributed by atoms with Crippen LogP contribution in [-0.2, 0) is 10.0 Å². The molecule has 1 N–H and O–H groups in total. The fourth-order valence-corrected chi connectivity index (χ4v) is 2.77. The van der Waals surface area contributed by atoms with E-state index in [0.29, 0.717) is 5.95 Å². The van der Waals surface area contributed by atoms with Crippen molar-refractivity contribution in [3.8, 4) is 0 Å². The Morgan fingerprint density at radius 2 is 1.72 bits per heavy atom. The number of anilines is 1. The summed E-state index contributed by atoms with van der Waals surface area (Å²) in [5, 5.41) is 2.75. The lowest BCUT2D eigenvalue weighted by molar-refractivity contribution is 0.315. The minimum atomic E-state index is -3.53. The van der Waals surface area contributed by atoms with E-state index in [1.807, 2.05) is 20.8 Å². The Labute approximate surface area is 108 Å². The molecule has 0 amide bonds. The molecule has 0 spiro atoms. The SMILES string of the molecule is CNc1ncc(S(=O)(=O)N(C)C(C)C(C)C)cn1. The molecule has 7 heteroatoms. The van der Waals surface area contributed by atoms with Gasteiger partial charge in [-0.25, -0.2) is 18.4 Å². The second kappa shape index (κ2) is 5.62. The maximum atomic E-state index is 12.3. The van der Waals surface area contributed by atoms with Gasteiger partial charge in [0.05, 0.1) is 12.4 Å². The van der Waals surface area contributed by atoms with Crippen molar-refractivity contribution < 1.29 is 8.42 Å². The summed E-state index contributed by atoms with van der Waals surface area (Å²) in [5.41, 5.74) is 0. The van der Waals surface area contributed by atoms with Gasteiger partial charge in [0.2, 0.25) is 16.0 Å². The van der Waals surface area contributed by atoms with Crippen LogP contribution < -0.4 is 5.32 Å². The highest BCUT2D eigenvalue weighted by molar-refractivity contribution is 7.89. The summed E-state index contributed by atoms with van der Waals surface area (Å²) in [6.45, 7) is 5.85. The van der Waals surface area contributed by atoms with Crippen molar-refractivity contribution in [1.29, 1.82) is 0 Å². The van der Waals surface area contributed by atoms with Crippen LogP contribution in [0.2, 0.25) is 0 Å². The molecule has 1 aromatic heterocycles. The predicted molar refractivity (Wildman–Crippen MR) is 70.8 cm³/mol. The quantitative estimate of drug-likeness (QED) is 0.871. The Hall–Kier alpha value is -1.21. The lowest BCUT2D eigenvalue weighted by atomic mass is 10.1. The highest BCUT2D eigenvalue weighted by Crippen LogP contribution is 2.19. The lowest BCUT2D eigenvalue weighted by Gasteiger charge is -2.26. The smallest absolute Gasteiger partial charge is 0.246 e. The molecule has 1 heterocycles. The first-order valence-corrected chi connectivity index (χ1v) is 7.22. The molecule has 1 unspecified atom stereocenters. The average molecular weight is 272 g/mol. The maximum absolute atomic E-state index is 12.3. The third-order valence-corrected chi connectivity index (χ3v) is 4.96. The minimum absolute atomic E-state index is 0.0843. The van der Waals surface area contributed by atoms with E-state index in [-0.39, 0.29) is 16.9 Å². The molecule has 0 aliphatic rings. The van der Waals surface area contributed by atoms with Crippen molar-refractivity contribution in [3.63, 3.8) is 0 Å². The van der Waals surface area contributed by atoms with E-state index < -0.39 is 10.0 Å². The number of rotatable bonds is 5. The van der Waals surface area contributed by atoms with Crippen molar-refractivity contribution in [1.82, 2.24) is 14.3 Å². The number of hydrogen-bond acceptors (Lipinski definition) is 5. The van der Waals surface area contributed by atoms with Gasteiger partial charge < -0.3 is 5.32 Å². The van der Waals surface area contributed by atoms with Gasteiger partial charge in [-0.15, -0.1) is 0 Å². The lowest BCUT2D eigenvalue weighted by Crippen LogP contribution is -2.38. The molecule has 0 aliphatic carbocycles. The Kier molecular flexibility index (Phi) is 4.64. The summed E-state index contributed by atoms with van der Waals surface area (Å²) < 4.78 is 26.0. The Balaban J connectivity index is 3.05. The standard InChI is InChI=1S/C11H20N4O2S/c1-8(2)9(3)15(5)18(16,17)10-6-13-11(12-4)14-7-10/h6-9H,1-5H3,(H,12,13,14). The van der Waals surface area contributed by atoms with Gasteiger partial charge in [-0.05, 0) is 12.8 Å². The van der Waals surface area contributed by atoms with E-state index in [1.165, 1.54) is 16.7 Å². The van der Waals surface area contributed by atoms with Gasteiger partial charge in [0, 0.05) is 20.1 Å². The molecule has 0 saturated heterocycles. The van der Waals surface area contributed by atoms with Crippen molar-refractivity contribution in [2.45, 2.75) is 31.7 Å². The van der Waals surface area contributed by atoms with Gasteiger partial charge in [-0.3, -0.25) is 0 Å². The highest BCUT2D eigenvalue weighted by atomic mass is 32.2. The monoisotopic (exact) mass is 272 g/mol. The molecule has 1 rings (SSSR count). The van der Waals surface area contributed by atoms with E-state index in [0.717, 1.165) is 0 Å². The first-order valence-electron chi connectivity index (χ1n) is 5.78. The maximum Gasteiger partial charge on any atom is 0.246 e. The highest BCUT2D eigenvalue weighted by Gasteiger charge is 2.27. The summed E-state index contributed by atoms with van der Waals surface area (Å²) in [7, 11) is -0.275. The number of nitrogens with one attached hydrogen (secondary N) is 1. The largest absolute Gasteiger partial charge is 0.357 e. The van der Waals surface area contributed by atoms with Crippen LogP contribution in [0.4, 0.5) is 5.95 Å². The Morgan fingerprint density at radius 3 is 2.11 bits per heavy atom. The number of nitrogens with zero attached hydrogens (tertiary/aromatic N) is 3. The molecule has 0 bridgehead atoms. The van der Waals surface area contributed by atoms with E-state index in [9.17, 15) is 8.42 Å². The second-order valence-electron chi connectivity index (χ2n) is 4.50. The Morgan fingerprint density at radius 1 is 1.22 bits per heavy atom. The topological polar surface area (TPSA) is 75.2 Å². The van der Waals surface area contributed by atoms with Crippen molar-refractivity contribution in [2.24, 2.45) is 5.92 Å². The van der Waals surface area contributed by atoms with Crippen molar-refractivity contribution >= 4 is 16.0 Å². The fourth-order valence-electron chi connectivity index (χ4n) is 1.38. The van der Waals surface area contributed by atoms with E-state index in [1.54, 1.807) is 14.1 Å². The van der Waals surface area contributed by atoms with Crippen molar-refractivity contribution in [3.05, 3.63) is 12.4 Å². The molecule has 0 saturated carbocycles. The third-order valence-electron chi connectivity index (χ3n) is 3.07. The molecule has 0 fully saturated rings. The summed E-state index contributed by atoms with van der Waals surface area (Å²) >= 11 is 0. The van der Waals surface area contributed by atoms with Crippen LogP contribution in [0.5, 0.6) is 0 Å². The van der Waals surface area contributed by atoms with Crippen LogP contribution in [0.1, 0.15) is 20.8 Å². The van der Waals surface area contributed by atoms with E-state index in [2.05, 4.69) is 15.3 Å². The van der Waals surface area contributed by atoms with Crippen LogP contribution in [0, 0.1) is 5.92 Å². The first kappa shape index (κ1) is 14.8. The van der Waals surface area contributed by atoms with Gasteiger partial charge in [0.25, 0.3) is 0 Å². The molecule has 102 valence electrons. The van der Waals surface area contributed by atoms with Gasteiger partial charge >= 0.3 is 0 Å². The minimum Gasteiger partial charge on any atom is -0.357 e. The van der Waals surface area contributed by atoms with Crippen LogP contribution in [0.25, 0.3) is 0 Å². The average Bonchev–Trinajstić information content (AvgIpc) is 2.36. The molecular formula is C11H20N4O2S. The zero-order valence-electron chi connectivity index (χ0n) is 11.4. The number of hydrogen-bond donors (Lipinski definition) is 1. The first-order chi connectivity index (χ1) is 8.30. The summed E-state index contributed by atoms with van der Waals surface area (Å²) in [6, 6.07) is -0.0843. The Bertz CT molecular complexity index is 484. The molecular weight excluding hydrogens is 252 g/mol. The second-order valence-corrected chi connectivity index (χ2v) is 6.50. The predicted octanol–water partition coefficient (Wildman–Crippen LogP) is 1.18. The molecule has 0 aromatic carbocycles. The third kappa shape index (κ3) is 2.97. The van der Waals surface area contributed by atoms with Crippen LogP contribution in [0.15, 0.2) is 17.3 Å².